The van der Waals surface area contributed by atoms with E-state index >= 15 is 0 Å². The number of aromatic nitrogens is 3. The van der Waals surface area contributed by atoms with Crippen LogP contribution < -0.4 is 10.6 Å². The second-order valence-electron chi connectivity index (χ2n) is 7.36. The lowest BCUT2D eigenvalue weighted by atomic mass is 10.1. The summed E-state index contributed by atoms with van der Waals surface area (Å²) in [6.45, 7) is 0. The van der Waals surface area contributed by atoms with Gasteiger partial charge in [0.25, 0.3) is 5.91 Å². The summed E-state index contributed by atoms with van der Waals surface area (Å²) in [5.41, 5.74) is 2.11. The van der Waals surface area contributed by atoms with Crippen LogP contribution in [0.1, 0.15) is 29.6 Å². The molecule has 2 heterocycles. The molecule has 8 heteroatoms. The van der Waals surface area contributed by atoms with Gasteiger partial charge in [0.05, 0.1) is 21.5 Å². The maximum Gasteiger partial charge on any atom is 0.253 e. The number of nitrogens with one attached hydrogen (secondary N) is 2. The quantitative estimate of drug-likeness (QED) is 0.502. The summed E-state index contributed by atoms with van der Waals surface area (Å²) in [4.78, 5) is 17.6. The Balaban J connectivity index is 1.33. The molecule has 1 fully saturated rings. The molecule has 4 aromatic rings. The van der Waals surface area contributed by atoms with E-state index < -0.39 is 0 Å². The van der Waals surface area contributed by atoms with E-state index in [0.717, 1.165) is 40.3 Å². The third-order valence-electron chi connectivity index (χ3n) is 5.39. The number of rotatable bonds is 5. The molecule has 2 aromatic carbocycles. The van der Waals surface area contributed by atoms with Gasteiger partial charge in [-0.3, -0.25) is 4.79 Å². The molecule has 1 aliphatic rings. The Morgan fingerprint density at radius 2 is 2.00 bits per heavy atom. The number of nitrogens with zero attached hydrogens (tertiary/aromatic N) is 3. The van der Waals surface area contributed by atoms with Gasteiger partial charge < -0.3 is 10.6 Å². The maximum atomic E-state index is 13.5. The highest BCUT2D eigenvalue weighted by Crippen LogP contribution is 2.30. The highest BCUT2D eigenvalue weighted by molar-refractivity contribution is 7.22. The SMILES string of the molecule is O=C(NC1CCCC1Nc1nc2ccc(F)cc2s1)c1ccccc1-n1cccn1. The molecule has 2 N–H and O–H groups in total. The van der Waals surface area contributed by atoms with Crippen LogP contribution in [0.25, 0.3) is 15.9 Å². The van der Waals surface area contributed by atoms with Crippen LogP contribution in [0.2, 0.25) is 0 Å². The number of thiazole rings is 1. The second-order valence-corrected chi connectivity index (χ2v) is 8.39. The molecular weight excluding hydrogens is 401 g/mol. The summed E-state index contributed by atoms with van der Waals surface area (Å²) in [7, 11) is 0. The summed E-state index contributed by atoms with van der Waals surface area (Å²) in [5, 5.41) is 11.6. The lowest BCUT2D eigenvalue weighted by molar-refractivity contribution is 0.0935. The zero-order chi connectivity index (χ0) is 20.5. The van der Waals surface area contributed by atoms with Crippen molar-refractivity contribution in [3.05, 3.63) is 72.3 Å². The van der Waals surface area contributed by atoms with Crippen molar-refractivity contribution in [2.45, 2.75) is 31.3 Å². The summed E-state index contributed by atoms with van der Waals surface area (Å²) in [6.07, 6.45) is 6.36. The maximum absolute atomic E-state index is 13.5. The Kier molecular flexibility index (Phi) is 4.92. The first-order valence-corrected chi connectivity index (χ1v) is 10.7. The molecule has 0 spiro atoms. The zero-order valence-corrected chi connectivity index (χ0v) is 16.9. The smallest absolute Gasteiger partial charge is 0.253 e. The van der Waals surface area contributed by atoms with E-state index in [2.05, 4.69) is 20.7 Å². The van der Waals surface area contributed by atoms with Crippen LogP contribution in [-0.4, -0.2) is 32.8 Å². The molecule has 152 valence electrons. The molecule has 0 saturated heterocycles. The van der Waals surface area contributed by atoms with E-state index in [0.29, 0.717) is 5.56 Å². The minimum Gasteiger partial charge on any atom is -0.357 e. The minimum absolute atomic E-state index is 0.00748. The topological polar surface area (TPSA) is 71.8 Å². The lowest BCUT2D eigenvalue weighted by Crippen LogP contribution is -2.43. The average molecular weight is 422 g/mol. The number of halogens is 1. The monoisotopic (exact) mass is 421 g/mol. The van der Waals surface area contributed by atoms with Gasteiger partial charge in [-0.1, -0.05) is 23.5 Å². The van der Waals surface area contributed by atoms with Crippen LogP contribution in [0.15, 0.2) is 60.9 Å². The first-order chi connectivity index (χ1) is 14.7. The standard InChI is InChI=1S/C22H20FN5OS/c23-14-9-10-18-20(13-14)30-22(27-18)26-17-7-3-6-16(17)25-21(29)15-5-1-2-8-19(15)28-12-4-11-24-28/h1-2,4-5,8-13,16-17H,3,6-7H2,(H,25,29)(H,26,27). The van der Waals surface area contributed by atoms with Gasteiger partial charge in [0.1, 0.15) is 5.82 Å². The third-order valence-corrected chi connectivity index (χ3v) is 6.34. The summed E-state index contributed by atoms with van der Waals surface area (Å²) in [5.74, 6) is -0.384. The van der Waals surface area contributed by atoms with E-state index in [1.807, 2.05) is 36.5 Å². The van der Waals surface area contributed by atoms with Gasteiger partial charge in [-0.2, -0.15) is 5.10 Å². The fourth-order valence-electron chi connectivity index (χ4n) is 3.95. The van der Waals surface area contributed by atoms with Crippen molar-refractivity contribution in [2.24, 2.45) is 0 Å². The predicted octanol–water partition coefficient (Wildman–Crippen LogP) is 4.38. The molecule has 2 unspecified atom stereocenters. The molecular formula is C22H20FN5OS. The van der Waals surface area contributed by atoms with E-state index in [1.165, 1.54) is 23.5 Å². The van der Waals surface area contributed by atoms with Crippen molar-refractivity contribution < 1.29 is 9.18 Å². The van der Waals surface area contributed by atoms with Crippen LogP contribution in [0.4, 0.5) is 9.52 Å². The van der Waals surface area contributed by atoms with Crippen molar-refractivity contribution >= 4 is 32.6 Å². The van der Waals surface area contributed by atoms with Gasteiger partial charge in [-0.25, -0.2) is 14.1 Å². The Morgan fingerprint density at radius 3 is 2.87 bits per heavy atom. The van der Waals surface area contributed by atoms with Crippen LogP contribution >= 0.6 is 11.3 Å². The Bertz CT molecular complexity index is 1190. The first-order valence-electron chi connectivity index (χ1n) is 9.90. The molecule has 1 amide bonds. The molecule has 0 radical (unpaired) electrons. The van der Waals surface area contributed by atoms with Crippen LogP contribution in [0.5, 0.6) is 0 Å². The van der Waals surface area contributed by atoms with E-state index in [1.54, 1.807) is 16.9 Å². The Hall–Kier alpha value is -3.26. The minimum atomic E-state index is -0.264. The molecule has 2 atom stereocenters. The van der Waals surface area contributed by atoms with Gasteiger partial charge in [0.15, 0.2) is 5.13 Å². The number of benzene rings is 2. The van der Waals surface area contributed by atoms with Crippen molar-refractivity contribution in [1.82, 2.24) is 20.1 Å². The number of fused-ring (bicyclic) bond motifs is 1. The van der Waals surface area contributed by atoms with Crippen LogP contribution in [0.3, 0.4) is 0 Å². The van der Waals surface area contributed by atoms with Crippen molar-refractivity contribution in [3.63, 3.8) is 0 Å². The largest absolute Gasteiger partial charge is 0.357 e. The number of carbonyl (C=O) groups excluding carboxylic acids is 1. The number of hydrogen-bond donors (Lipinski definition) is 2. The molecule has 6 nitrogen and oxygen atoms in total. The zero-order valence-electron chi connectivity index (χ0n) is 16.1. The molecule has 0 aliphatic heterocycles. The highest BCUT2D eigenvalue weighted by Gasteiger charge is 2.30. The predicted molar refractivity (Wildman–Crippen MR) is 116 cm³/mol. The van der Waals surface area contributed by atoms with Gasteiger partial charge >= 0.3 is 0 Å². The average Bonchev–Trinajstić information content (AvgIpc) is 3.49. The molecule has 2 aromatic heterocycles. The number of hydrogen-bond acceptors (Lipinski definition) is 5. The number of anilines is 1. The summed E-state index contributed by atoms with van der Waals surface area (Å²) in [6, 6.07) is 13.9. The summed E-state index contributed by atoms with van der Waals surface area (Å²) < 4.78 is 16.0. The van der Waals surface area contributed by atoms with Gasteiger partial charge in [-0.15, -0.1) is 0 Å². The van der Waals surface area contributed by atoms with Crippen LogP contribution in [-0.2, 0) is 0 Å². The van der Waals surface area contributed by atoms with Gasteiger partial charge in [0, 0.05) is 24.5 Å². The van der Waals surface area contributed by atoms with Crippen molar-refractivity contribution in [3.8, 4) is 5.69 Å². The Morgan fingerprint density at radius 1 is 1.13 bits per heavy atom. The normalized spacial score (nSPS) is 18.6. The van der Waals surface area contributed by atoms with E-state index in [-0.39, 0.29) is 23.8 Å². The summed E-state index contributed by atoms with van der Waals surface area (Å²) >= 11 is 1.43. The highest BCUT2D eigenvalue weighted by atomic mass is 32.1. The fraction of sp³-hybridized carbons (Fsp3) is 0.227. The molecule has 1 saturated carbocycles. The Labute approximate surface area is 176 Å². The first kappa shape index (κ1) is 18.7. The van der Waals surface area contributed by atoms with Crippen molar-refractivity contribution in [2.75, 3.05) is 5.32 Å². The van der Waals surface area contributed by atoms with Crippen molar-refractivity contribution in [1.29, 1.82) is 0 Å². The second kappa shape index (κ2) is 7.87. The molecule has 1 aliphatic carbocycles. The van der Waals surface area contributed by atoms with E-state index in [9.17, 15) is 9.18 Å². The fourth-order valence-corrected chi connectivity index (χ4v) is 4.90. The molecule has 30 heavy (non-hydrogen) atoms. The van der Waals surface area contributed by atoms with Gasteiger partial charge in [0.2, 0.25) is 0 Å². The van der Waals surface area contributed by atoms with Crippen LogP contribution in [0, 0.1) is 5.82 Å². The number of para-hydroxylation sites is 1. The third kappa shape index (κ3) is 3.66. The molecule has 5 rings (SSSR count). The van der Waals surface area contributed by atoms with Gasteiger partial charge in [-0.05, 0) is 55.7 Å². The molecule has 0 bridgehead atoms. The number of carbonyl (C=O) groups is 1. The van der Waals surface area contributed by atoms with E-state index in [4.69, 9.17) is 0 Å². The number of amides is 1. The lowest BCUT2D eigenvalue weighted by Gasteiger charge is -2.22.